The number of benzene rings is 2. The molecule has 0 N–H and O–H groups in total. The van der Waals surface area contributed by atoms with E-state index in [1.165, 1.54) is 151 Å². The minimum absolute atomic E-state index is 0.924. The van der Waals surface area contributed by atoms with Gasteiger partial charge >= 0.3 is 0 Å². The van der Waals surface area contributed by atoms with E-state index in [1.54, 1.807) is 0 Å². The fourth-order valence-electron chi connectivity index (χ4n) is 5.41. The maximum absolute atomic E-state index is 5.76. The average molecular weight is 547 g/mol. The first-order valence-corrected chi connectivity index (χ1v) is 17.0. The first-order chi connectivity index (χ1) is 19.2. The molecule has 2 rings (SSSR count). The number of unbranched alkanes of at least 4 members (excludes halogenated alkanes) is 14. The topological polar surface area (TPSA) is 0 Å². The summed E-state index contributed by atoms with van der Waals surface area (Å²) in [6.07, 6.45) is 31.2. The minimum Gasteiger partial charge on any atom is -0.0795 e. The smallest absolute Gasteiger partial charge is 0.0449 e. The van der Waals surface area contributed by atoms with Crippen LogP contribution in [0.25, 0.3) is 6.08 Å². The van der Waals surface area contributed by atoms with Gasteiger partial charge in [0.05, 0.1) is 0 Å². The van der Waals surface area contributed by atoms with E-state index in [2.05, 4.69) is 75.4 Å². The third-order valence-electron chi connectivity index (χ3n) is 8.06. The second-order valence-corrected chi connectivity index (χ2v) is 12.1. The van der Waals surface area contributed by atoms with E-state index in [1.807, 2.05) is 0 Å². The minimum atomic E-state index is 0.924. The van der Waals surface area contributed by atoms with Gasteiger partial charge in [-0.1, -0.05) is 171 Å². The van der Waals surface area contributed by atoms with Gasteiger partial charge in [-0.25, -0.2) is 0 Å². The molecule has 1 heteroatoms. The fourth-order valence-corrected chi connectivity index (χ4v) is 5.62. The van der Waals surface area contributed by atoms with Crippen molar-refractivity contribution >= 4 is 23.2 Å². The van der Waals surface area contributed by atoms with Gasteiger partial charge in [-0.3, -0.25) is 0 Å². The molecular weight excluding hydrogens is 488 g/mol. The quantitative estimate of drug-likeness (QED) is 0.0578. The van der Waals surface area contributed by atoms with E-state index < -0.39 is 0 Å². The summed E-state index contributed by atoms with van der Waals surface area (Å²) in [5.41, 5.74) is 6.92. The maximum Gasteiger partial charge on any atom is 0.0449 e. The summed E-state index contributed by atoms with van der Waals surface area (Å²) in [5, 5.41) is 0. The van der Waals surface area contributed by atoms with E-state index in [-0.39, 0.29) is 0 Å². The lowest BCUT2D eigenvalue weighted by Crippen LogP contribution is -1.96. The molecule has 0 aliphatic heterocycles. The van der Waals surface area contributed by atoms with Crippen LogP contribution in [0.2, 0.25) is 0 Å². The second kappa shape index (κ2) is 22.0. The van der Waals surface area contributed by atoms with Crippen molar-refractivity contribution in [3.63, 3.8) is 0 Å². The van der Waals surface area contributed by atoms with Gasteiger partial charge in [0.2, 0.25) is 0 Å². The van der Waals surface area contributed by atoms with Crippen molar-refractivity contribution in [2.24, 2.45) is 0 Å². The van der Waals surface area contributed by atoms with Crippen molar-refractivity contribution in [1.82, 2.24) is 0 Å². The van der Waals surface area contributed by atoms with Crippen LogP contribution in [0, 0.1) is 0 Å². The van der Waals surface area contributed by atoms with Gasteiger partial charge in [0.1, 0.15) is 0 Å². The summed E-state index contributed by atoms with van der Waals surface area (Å²) in [4.78, 5) is 0.924. The molecular formula is C38H58S. The van der Waals surface area contributed by atoms with Crippen molar-refractivity contribution in [3.8, 4) is 0 Å². The summed E-state index contributed by atoms with van der Waals surface area (Å²) >= 11 is 5.76. The summed E-state index contributed by atoms with van der Waals surface area (Å²) < 4.78 is 0. The highest BCUT2D eigenvalue weighted by molar-refractivity contribution is 7.81. The molecule has 2 aromatic rings. The molecule has 0 bridgehead atoms. The fraction of sp³-hybridized carbons (Fsp3) is 0.605. The van der Waals surface area contributed by atoms with Crippen molar-refractivity contribution in [1.29, 1.82) is 0 Å². The lowest BCUT2D eigenvalue weighted by molar-refractivity contribution is 0.539. The van der Waals surface area contributed by atoms with E-state index in [0.29, 0.717) is 0 Å². The Kier molecular flexibility index (Phi) is 18.9. The van der Waals surface area contributed by atoms with Gasteiger partial charge in [-0.2, -0.15) is 0 Å². The molecule has 0 radical (unpaired) electrons. The Morgan fingerprint density at radius 1 is 0.538 bits per heavy atom. The highest BCUT2D eigenvalue weighted by Crippen LogP contribution is 2.19. The zero-order valence-electron chi connectivity index (χ0n) is 25.7. The Labute approximate surface area is 248 Å². The number of thiocarbonyl (C=S) groups is 1. The molecule has 0 spiro atoms. The molecule has 39 heavy (non-hydrogen) atoms. The Balaban J connectivity index is 1.67. The van der Waals surface area contributed by atoms with Crippen molar-refractivity contribution in [3.05, 3.63) is 76.4 Å². The van der Waals surface area contributed by atoms with Crippen molar-refractivity contribution < 1.29 is 0 Å². The van der Waals surface area contributed by atoms with E-state index in [9.17, 15) is 0 Å². The highest BCUT2D eigenvalue weighted by atomic mass is 32.1. The van der Waals surface area contributed by atoms with Crippen LogP contribution in [-0.2, 0) is 19.3 Å². The summed E-state index contributed by atoms with van der Waals surface area (Å²) in [5.74, 6) is 0. The summed E-state index contributed by atoms with van der Waals surface area (Å²) in [7, 11) is 0. The Morgan fingerprint density at radius 2 is 1.05 bits per heavy atom. The Morgan fingerprint density at radius 3 is 1.62 bits per heavy atom. The third kappa shape index (κ3) is 15.0. The number of rotatable bonds is 23. The molecule has 0 atom stereocenters. The van der Waals surface area contributed by atoms with Gasteiger partial charge < -0.3 is 0 Å². The zero-order valence-corrected chi connectivity index (χ0v) is 26.6. The first-order valence-electron chi connectivity index (χ1n) is 16.6. The summed E-state index contributed by atoms with van der Waals surface area (Å²) in [6, 6.07) is 16.0. The van der Waals surface area contributed by atoms with Crippen LogP contribution in [0.3, 0.4) is 0 Å². The molecule has 0 aliphatic rings. The third-order valence-corrected chi connectivity index (χ3v) is 8.44. The Bertz CT molecular complexity index is 920. The monoisotopic (exact) mass is 546 g/mol. The number of allylic oxidation sites excluding steroid dienone is 1. The first kappa shape index (κ1) is 33.5. The van der Waals surface area contributed by atoms with Gasteiger partial charge in [0.25, 0.3) is 0 Å². The molecule has 2 aromatic carbocycles. The highest BCUT2D eigenvalue weighted by Gasteiger charge is 2.04. The predicted octanol–water partition coefficient (Wildman–Crippen LogP) is 12.4. The molecule has 0 aliphatic carbocycles. The summed E-state index contributed by atoms with van der Waals surface area (Å²) in [6.45, 7) is 6.85. The second-order valence-electron chi connectivity index (χ2n) is 11.6. The largest absolute Gasteiger partial charge is 0.0795 e. The van der Waals surface area contributed by atoms with E-state index in [4.69, 9.17) is 12.2 Å². The van der Waals surface area contributed by atoms with Gasteiger partial charge in [-0.15, -0.1) is 0 Å². The normalized spacial score (nSPS) is 11.5. The van der Waals surface area contributed by atoms with Gasteiger partial charge in [-0.05, 0) is 72.4 Å². The lowest BCUT2D eigenvalue weighted by atomic mass is 9.95. The van der Waals surface area contributed by atoms with E-state index >= 15 is 0 Å². The molecule has 0 amide bonds. The van der Waals surface area contributed by atoms with Crippen LogP contribution in [-0.4, -0.2) is 4.86 Å². The molecule has 0 heterocycles. The van der Waals surface area contributed by atoms with Crippen LogP contribution in [0.4, 0.5) is 0 Å². The molecule has 0 fully saturated rings. The van der Waals surface area contributed by atoms with Crippen LogP contribution in [0.1, 0.15) is 158 Å². The van der Waals surface area contributed by atoms with Crippen molar-refractivity contribution in [2.75, 3.05) is 0 Å². The van der Waals surface area contributed by atoms with Gasteiger partial charge in [0, 0.05) is 4.86 Å². The van der Waals surface area contributed by atoms with Crippen LogP contribution >= 0.6 is 12.2 Å². The van der Waals surface area contributed by atoms with Crippen LogP contribution in [0.15, 0.2) is 48.5 Å². The maximum atomic E-state index is 5.76. The van der Waals surface area contributed by atoms with Crippen molar-refractivity contribution in [2.45, 2.75) is 149 Å². The number of aryl methyl sites for hydroxylation is 3. The standard InChI is InChI=1S/C38H58S/c1-4-7-10-11-12-13-14-15-16-17-18-19-20-21-33-24-29-36(30-25-33)38(39)31-27-34-26-28-35(22-8-5-2)37(32-34)23-9-6-3/h24-32H,4-23H2,1-3H3. The lowest BCUT2D eigenvalue weighted by Gasteiger charge is -2.10. The molecule has 0 saturated heterocycles. The molecule has 0 unspecified atom stereocenters. The molecule has 0 nitrogen and oxygen atoms in total. The van der Waals surface area contributed by atoms with E-state index in [0.717, 1.165) is 10.4 Å². The predicted molar refractivity (Wildman–Crippen MR) is 180 cm³/mol. The molecule has 0 saturated carbocycles. The zero-order chi connectivity index (χ0) is 28.0. The average Bonchev–Trinajstić information content (AvgIpc) is 2.96. The van der Waals surface area contributed by atoms with Crippen LogP contribution in [0.5, 0.6) is 0 Å². The molecule has 0 aromatic heterocycles. The van der Waals surface area contributed by atoms with Gasteiger partial charge in [0.15, 0.2) is 0 Å². The Hall–Kier alpha value is -1.73. The SMILES string of the molecule is CCCCCCCCCCCCCCCc1ccc(C(=S)C=Cc2ccc(CCCC)c(CCCC)c2)cc1. The number of hydrogen-bond acceptors (Lipinski definition) is 1. The molecule has 216 valence electrons. The van der Waals surface area contributed by atoms with Crippen LogP contribution < -0.4 is 0 Å². The number of hydrogen-bond donors (Lipinski definition) is 0.